The molecule has 5 heteroatoms. The molecule has 0 amide bonds. The lowest BCUT2D eigenvalue weighted by atomic mass is 9.46. The van der Waals surface area contributed by atoms with Crippen LogP contribution in [0.15, 0.2) is 47.5 Å². The van der Waals surface area contributed by atoms with E-state index in [1.54, 1.807) is 7.11 Å². The summed E-state index contributed by atoms with van der Waals surface area (Å²) in [4.78, 5) is 7.45. The highest BCUT2D eigenvalue weighted by atomic mass is 16.5. The highest BCUT2D eigenvalue weighted by Gasteiger charge is 2.69. The predicted octanol–water partition coefficient (Wildman–Crippen LogP) is 3.47. The molecular formula is C27H30N2O3. The number of para-hydroxylation sites is 1. The molecule has 5 aliphatic rings. The number of hydrogen-bond donors (Lipinski definition) is 2. The number of aliphatic hydroxyl groups is 2. The Morgan fingerprint density at radius 3 is 2.78 bits per heavy atom. The van der Waals surface area contributed by atoms with E-state index >= 15 is 0 Å². The Kier molecular flexibility index (Phi) is 3.75. The minimum Gasteiger partial charge on any atom is -0.497 e. The lowest BCUT2D eigenvalue weighted by molar-refractivity contribution is -0.181. The first-order chi connectivity index (χ1) is 15.5. The van der Waals surface area contributed by atoms with Gasteiger partial charge in [-0.1, -0.05) is 24.3 Å². The highest BCUT2D eigenvalue weighted by molar-refractivity contribution is 6.02. The molecule has 0 aromatic heterocycles. The normalized spacial score (nSPS) is 37.1. The molecule has 3 aliphatic carbocycles. The zero-order valence-electron chi connectivity index (χ0n) is 18.6. The molecule has 7 rings (SSSR count). The quantitative estimate of drug-likeness (QED) is 0.783. The van der Waals surface area contributed by atoms with E-state index in [1.807, 2.05) is 30.3 Å². The summed E-state index contributed by atoms with van der Waals surface area (Å²) in [7, 11) is 1.70. The van der Waals surface area contributed by atoms with Crippen molar-refractivity contribution in [3.05, 3.63) is 59.2 Å². The summed E-state index contributed by atoms with van der Waals surface area (Å²) in [5.41, 5.74) is 2.35. The third-order valence-electron chi connectivity index (χ3n) is 9.16. The maximum Gasteiger partial charge on any atom is 0.132 e. The molecule has 0 radical (unpaired) electrons. The molecule has 166 valence electrons. The number of aliphatic imine (C=N–C) groups is 1. The SMILES string of the molecule is COc1ccc2c(c1)[C@]13CCN(CC4CC4)[C@H](C2)[C@]1(O)C[C@@]1(O)C(=Nc2ccccc21)C3. The van der Waals surface area contributed by atoms with Gasteiger partial charge in [-0.05, 0) is 67.5 Å². The van der Waals surface area contributed by atoms with Crippen LogP contribution in [0.5, 0.6) is 5.75 Å². The minimum atomic E-state index is -1.19. The Labute approximate surface area is 188 Å². The first kappa shape index (κ1) is 19.3. The molecular weight excluding hydrogens is 400 g/mol. The third kappa shape index (κ3) is 2.32. The summed E-state index contributed by atoms with van der Waals surface area (Å²) in [6.07, 6.45) is 5.18. The van der Waals surface area contributed by atoms with Crippen LogP contribution in [-0.4, -0.2) is 52.7 Å². The van der Waals surface area contributed by atoms with Crippen molar-refractivity contribution in [1.29, 1.82) is 0 Å². The van der Waals surface area contributed by atoms with Crippen LogP contribution in [0.3, 0.4) is 0 Å². The molecule has 0 unspecified atom stereocenters. The van der Waals surface area contributed by atoms with E-state index in [-0.39, 0.29) is 6.04 Å². The van der Waals surface area contributed by atoms with Crippen molar-refractivity contribution in [3.8, 4) is 5.75 Å². The standard InChI is InChI=1S/C27H30N2O3/c1-32-19-9-8-18-12-24-27(31)16-26(30)20-4-2-3-5-22(20)28-23(26)14-25(27,21(18)13-19)10-11-29(24)15-17-6-7-17/h2-5,8-9,13,17,24,30-31H,6-7,10-12,14-16H2,1H3/t24-,25-,26+,27-/m1/s1. The largest absolute Gasteiger partial charge is 0.497 e. The van der Waals surface area contributed by atoms with E-state index in [2.05, 4.69) is 17.0 Å². The van der Waals surface area contributed by atoms with E-state index in [9.17, 15) is 10.2 Å². The summed E-state index contributed by atoms with van der Waals surface area (Å²) in [5, 5.41) is 24.7. The molecule has 4 atom stereocenters. The zero-order chi connectivity index (χ0) is 21.7. The highest BCUT2D eigenvalue weighted by Crippen LogP contribution is 2.63. The molecule has 3 fully saturated rings. The summed E-state index contributed by atoms with van der Waals surface area (Å²) in [5.74, 6) is 1.59. The molecule has 2 bridgehead atoms. The fraction of sp³-hybridized carbons (Fsp3) is 0.519. The topological polar surface area (TPSA) is 65.3 Å². The maximum absolute atomic E-state index is 12.7. The van der Waals surface area contributed by atoms with E-state index in [1.165, 1.54) is 24.0 Å². The van der Waals surface area contributed by atoms with Gasteiger partial charge in [0.05, 0.1) is 24.1 Å². The van der Waals surface area contributed by atoms with Gasteiger partial charge in [0.1, 0.15) is 11.4 Å². The smallest absolute Gasteiger partial charge is 0.132 e. The van der Waals surface area contributed by atoms with Crippen LogP contribution in [0.25, 0.3) is 0 Å². The Hall–Kier alpha value is -2.21. The second kappa shape index (κ2) is 6.22. The summed E-state index contributed by atoms with van der Waals surface area (Å²) >= 11 is 0. The molecule has 2 saturated carbocycles. The molecule has 2 aliphatic heterocycles. The van der Waals surface area contributed by atoms with Crippen LogP contribution in [0, 0.1) is 5.92 Å². The lowest BCUT2D eigenvalue weighted by Crippen LogP contribution is -2.76. The second-order valence-corrected chi connectivity index (χ2v) is 10.7. The van der Waals surface area contributed by atoms with Crippen molar-refractivity contribution >= 4 is 11.4 Å². The number of methoxy groups -OCH3 is 1. The monoisotopic (exact) mass is 430 g/mol. The van der Waals surface area contributed by atoms with Crippen LogP contribution >= 0.6 is 0 Å². The number of fused-ring (bicyclic) bond motifs is 4. The number of benzene rings is 2. The van der Waals surface area contributed by atoms with E-state index < -0.39 is 16.6 Å². The zero-order valence-corrected chi connectivity index (χ0v) is 18.6. The van der Waals surface area contributed by atoms with Gasteiger partial charge in [-0.3, -0.25) is 9.89 Å². The third-order valence-corrected chi connectivity index (χ3v) is 9.16. The van der Waals surface area contributed by atoms with E-state index in [0.717, 1.165) is 54.6 Å². The van der Waals surface area contributed by atoms with Crippen molar-refractivity contribution in [1.82, 2.24) is 4.90 Å². The molecule has 2 heterocycles. The molecule has 5 nitrogen and oxygen atoms in total. The van der Waals surface area contributed by atoms with E-state index in [4.69, 9.17) is 9.73 Å². The van der Waals surface area contributed by atoms with Gasteiger partial charge in [0.15, 0.2) is 0 Å². The average Bonchev–Trinajstić information content (AvgIpc) is 3.56. The van der Waals surface area contributed by atoms with Gasteiger partial charge in [-0.2, -0.15) is 0 Å². The summed E-state index contributed by atoms with van der Waals surface area (Å²) < 4.78 is 5.59. The Morgan fingerprint density at radius 1 is 1.12 bits per heavy atom. The van der Waals surface area contributed by atoms with Gasteiger partial charge in [0.2, 0.25) is 0 Å². The van der Waals surface area contributed by atoms with Gasteiger partial charge < -0.3 is 14.9 Å². The Morgan fingerprint density at radius 2 is 1.97 bits per heavy atom. The number of nitrogens with zero attached hydrogens (tertiary/aromatic N) is 2. The fourth-order valence-corrected chi connectivity index (χ4v) is 7.36. The Balaban J connectivity index is 1.42. The molecule has 1 saturated heterocycles. The first-order valence-corrected chi connectivity index (χ1v) is 12.0. The van der Waals surface area contributed by atoms with Crippen LogP contribution in [0.1, 0.15) is 48.8 Å². The van der Waals surface area contributed by atoms with E-state index in [0.29, 0.717) is 12.8 Å². The number of piperidine rings is 1. The maximum atomic E-state index is 12.7. The predicted molar refractivity (Wildman–Crippen MR) is 123 cm³/mol. The number of hydrogen-bond acceptors (Lipinski definition) is 5. The second-order valence-electron chi connectivity index (χ2n) is 10.7. The van der Waals surface area contributed by atoms with Gasteiger partial charge in [0, 0.05) is 36.4 Å². The van der Waals surface area contributed by atoms with Crippen LogP contribution < -0.4 is 4.74 Å². The molecule has 2 aromatic rings. The van der Waals surface area contributed by atoms with Gasteiger partial charge >= 0.3 is 0 Å². The number of rotatable bonds is 3. The van der Waals surface area contributed by atoms with Crippen LogP contribution in [-0.2, 0) is 17.4 Å². The minimum absolute atomic E-state index is 0.0103. The average molecular weight is 431 g/mol. The van der Waals surface area contributed by atoms with Gasteiger partial charge in [-0.25, -0.2) is 0 Å². The van der Waals surface area contributed by atoms with Crippen molar-refractivity contribution in [3.63, 3.8) is 0 Å². The van der Waals surface area contributed by atoms with Gasteiger partial charge in [-0.15, -0.1) is 0 Å². The molecule has 2 N–H and O–H groups in total. The number of likely N-dealkylation sites (tertiary alicyclic amines) is 1. The summed E-state index contributed by atoms with van der Waals surface area (Å²) in [6.45, 7) is 2.04. The molecule has 32 heavy (non-hydrogen) atoms. The van der Waals surface area contributed by atoms with Gasteiger partial charge in [0.25, 0.3) is 0 Å². The number of ether oxygens (including phenoxy) is 1. The van der Waals surface area contributed by atoms with Crippen molar-refractivity contribution < 1.29 is 14.9 Å². The van der Waals surface area contributed by atoms with Crippen LogP contribution in [0.2, 0.25) is 0 Å². The fourth-order valence-electron chi connectivity index (χ4n) is 7.36. The Bertz CT molecular complexity index is 1160. The molecule has 2 aromatic carbocycles. The first-order valence-electron chi connectivity index (χ1n) is 12.0. The van der Waals surface area contributed by atoms with Crippen LogP contribution in [0.4, 0.5) is 5.69 Å². The lowest BCUT2D eigenvalue weighted by Gasteiger charge is -2.65. The van der Waals surface area contributed by atoms with Crippen molar-refractivity contribution in [2.75, 3.05) is 20.2 Å². The summed E-state index contributed by atoms with van der Waals surface area (Å²) in [6, 6.07) is 14.3. The van der Waals surface area contributed by atoms with Crippen molar-refractivity contribution in [2.45, 2.75) is 61.2 Å². The molecule has 0 spiro atoms. The van der Waals surface area contributed by atoms with Crippen molar-refractivity contribution in [2.24, 2.45) is 10.9 Å².